The van der Waals surface area contributed by atoms with Crippen LogP contribution in [0, 0.1) is 0 Å². The molecule has 11 heteroatoms. The number of fused-ring (bicyclic) bond motifs is 1. The molecule has 184 valence electrons. The number of para-hydroxylation sites is 2. The first-order valence-corrected chi connectivity index (χ1v) is 11.7. The van der Waals surface area contributed by atoms with Gasteiger partial charge >= 0.3 is 0 Å². The van der Waals surface area contributed by atoms with Crippen molar-refractivity contribution < 1.29 is 9.59 Å². The van der Waals surface area contributed by atoms with E-state index in [1.807, 2.05) is 36.4 Å². The molecule has 0 aliphatic rings. The number of benzene rings is 2. The fraction of sp³-hybridized carbons (Fsp3) is 0.200. The monoisotopic (exact) mass is 504 g/mol. The minimum absolute atomic E-state index is 0.0968. The highest BCUT2D eigenvalue weighted by Crippen LogP contribution is 2.22. The average Bonchev–Trinajstić information content (AvgIpc) is 2.89. The van der Waals surface area contributed by atoms with Crippen LogP contribution in [0.5, 0.6) is 0 Å². The molecule has 4 rings (SSSR count). The van der Waals surface area contributed by atoms with E-state index in [4.69, 9.17) is 11.6 Å². The highest BCUT2D eigenvalue weighted by Gasteiger charge is 2.10. The molecule has 4 N–H and O–H groups in total. The first kappa shape index (κ1) is 24.8. The summed E-state index contributed by atoms with van der Waals surface area (Å²) in [6.45, 7) is 3.20. The molecule has 0 unspecified atom stereocenters. The lowest BCUT2D eigenvalue weighted by Gasteiger charge is -2.12. The Kier molecular flexibility index (Phi) is 8.20. The highest BCUT2D eigenvalue weighted by atomic mass is 35.5. The van der Waals surface area contributed by atoms with Gasteiger partial charge < -0.3 is 21.3 Å². The number of hydrogen-bond donors (Lipinski definition) is 4. The van der Waals surface area contributed by atoms with E-state index in [0.717, 1.165) is 11.1 Å². The van der Waals surface area contributed by atoms with Gasteiger partial charge in [-0.25, -0.2) is 15.0 Å². The molecule has 2 aromatic carbocycles. The third-order valence-electron chi connectivity index (χ3n) is 5.03. The Balaban J connectivity index is 1.38. The van der Waals surface area contributed by atoms with Gasteiger partial charge in [0, 0.05) is 49.8 Å². The summed E-state index contributed by atoms with van der Waals surface area (Å²) in [6.07, 6.45) is 1.47. The number of nitrogens with zero attached hydrogens (tertiary/aromatic N) is 4. The first-order valence-electron chi connectivity index (χ1n) is 11.3. The van der Waals surface area contributed by atoms with Crippen LogP contribution < -0.4 is 21.3 Å². The van der Waals surface area contributed by atoms with Gasteiger partial charge in [-0.15, -0.1) is 0 Å². The fourth-order valence-electron chi connectivity index (χ4n) is 3.31. The summed E-state index contributed by atoms with van der Waals surface area (Å²) in [5.74, 6) is 1.28. The maximum absolute atomic E-state index is 12.5. The predicted octanol–water partition coefficient (Wildman–Crippen LogP) is 3.13. The van der Waals surface area contributed by atoms with Crippen LogP contribution in [-0.4, -0.2) is 57.9 Å². The van der Waals surface area contributed by atoms with Crippen LogP contribution in [0.1, 0.15) is 17.4 Å². The molecule has 0 saturated heterocycles. The molecule has 0 bridgehead atoms. The van der Waals surface area contributed by atoms with E-state index in [2.05, 4.69) is 41.2 Å². The van der Waals surface area contributed by atoms with Crippen LogP contribution in [0.4, 0.5) is 11.6 Å². The van der Waals surface area contributed by atoms with Crippen LogP contribution in [0.3, 0.4) is 0 Å². The Labute approximate surface area is 212 Å². The van der Waals surface area contributed by atoms with E-state index in [-0.39, 0.29) is 17.5 Å². The Bertz CT molecular complexity index is 1360. The molecule has 0 atom stereocenters. The van der Waals surface area contributed by atoms with Crippen molar-refractivity contribution in [2.45, 2.75) is 6.92 Å². The minimum Gasteiger partial charge on any atom is -0.368 e. The van der Waals surface area contributed by atoms with Gasteiger partial charge in [-0.1, -0.05) is 23.7 Å². The second kappa shape index (κ2) is 11.9. The zero-order valence-electron chi connectivity index (χ0n) is 19.6. The zero-order chi connectivity index (χ0) is 25.3. The number of anilines is 2. The number of rotatable bonds is 10. The molecule has 36 heavy (non-hydrogen) atoms. The molecule has 2 amide bonds. The van der Waals surface area contributed by atoms with Gasteiger partial charge in [0.15, 0.2) is 5.82 Å². The quantitative estimate of drug-likeness (QED) is 0.242. The number of nitrogens with one attached hydrogen (secondary N) is 4. The predicted molar refractivity (Wildman–Crippen MR) is 140 cm³/mol. The lowest BCUT2D eigenvalue weighted by molar-refractivity contribution is -0.118. The molecule has 0 spiro atoms. The third-order valence-corrected chi connectivity index (χ3v) is 5.28. The number of hydrogen-bond acceptors (Lipinski definition) is 8. The molecule has 0 radical (unpaired) electrons. The van der Waals surface area contributed by atoms with Crippen molar-refractivity contribution in [3.8, 4) is 11.4 Å². The van der Waals surface area contributed by atoms with Crippen molar-refractivity contribution in [1.82, 2.24) is 30.6 Å². The Morgan fingerprint density at radius 1 is 0.806 bits per heavy atom. The minimum atomic E-state index is -0.306. The standard InChI is InChI=1S/C25H25ClN8O2/c1-16(35)27-10-11-28-22-14-23(34-24(33-22)17-6-8-18(26)9-7-17)29-12-13-30-25(36)21-15-31-19-4-2-3-5-20(19)32-21/h2-9,14-15H,10-13H2,1H3,(H,27,35)(H,30,36)(H2,28,29,33,34). The van der Waals surface area contributed by atoms with Gasteiger partial charge in [-0.2, -0.15) is 0 Å². The molecular weight excluding hydrogens is 480 g/mol. The van der Waals surface area contributed by atoms with Crippen LogP contribution in [0.15, 0.2) is 60.8 Å². The van der Waals surface area contributed by atoms with Crippen LogP contribution in [-0.2, 0) is 4.79 Å². The maximum Gasteiger partial charge on any atom is 0.271 e. The van der Waals surface area contributed by atoms with Gasteiger partial charge in [0.2, 0.25) is 5.91 Å². The van der Waals surface area contributed by atoms with Crippen molar-refractivity contribution >= 4 is 46.1 Å². The maximum atomic E-state index is 12.5. The number of aromatic nitrogens is 4. The summed E-state index contributed by atoms with van der Waals surface area (Å²) in [5, 5.41) is 12.6. The smallest absolute Gasteiger partial charge is 0.271 e. The van der Waals surface area contributed by atoms with Crippen LogP contribution in [0.2, 0.25) is 5.02 Å². The summed E-state index contributed by atoms with van der Waals surface area (Å²) >= 11 is 6.01. The van der Waals surface area contributed by atoms with E-state index in [0.29, 0.717) is 54.2 Å². The van der Waals surface area contributed by atoms with Crippen LogP contribution in [0.25, 0.3) is 22.4 Å². The summed E-state index contributed by atoms with van der Waals surface area (Å²) < 4.78 is 0. The van der Waals surface area contributed by atoms with E-state index in [1.54, 1.807) is 18.2 Å². The molecule has 2 aromatic heterocycles. The highest BCUT2D eigenvalue weighted by molar-refractivity contribution is 6.30. The topological polar surface area (TPSA) is 134 Å². The Hall–Kier alpha value is -4.31. The van der Waals surface area contributed by atoms with Crippen molar-refractivity contribution in [2.24, 2.45) is 0 Å². The molecule has 10 nitrogen and oxygen atoms in total. The Morgan fingerprint density at radius 2 is 1.44 bits per heavy atom. The molecule has 0 aliphatic heterocycles. The average molecular weight is 505 g/mol. The lowest BCUT2D eigenvalue weighted by atomic mass is 10.2. The first-order chi connectivity index (χ1) is 17.5. The summed E-state index contributed by atoms with van der Waals surface area (Å²) in [6, 6.07) is 16.4. The van der Waals surface area contributed by atoms with Crippen molar-refractivity contribution in [3.63, 3.8) is 0 Å². The molecule has 0 aliphatic carbocycles. The van der Waals surface area contributed by atoms with Crippen molar-refractivity contribution in [1.29, 1.82) is 0 Å². The van der Waals surface area contributed by atoms with Crippen molar-refractivity contribution in [2.75, 3.05) is 36.8 Å². The van der Waals surface area contributed by atoms with E-state index in [1.165, 1.54) is 13.1 Å². The second-order valence-electron chi connectivity index (χ2n) is 7.81. The van der Waals surface area contributed by atoms with Gasteiger partial charge in [-0.3, -0.25) is 14.6 Å². The summed E-state index contributed by atoms with van der Waals surface area (Å²) in [7, 11) is 0. The SMILES string of the molecule is CC(=O)NCCNc1cc(NCCNC(=O)c2cnc3ccccc3n2)nc(-c2ccc(Cl)cc2)n1. The van der Waals surface area contributed by atoms with Gasteiger partial charge in [-0.05, 0) is 36.4 Å². The molecular formula is C25H25ClN8O2. The van der Waals surface area contributed by atoms with Crippen molar-refractivity contribution in [3.05, 3.63) is 71.5 Å². The van der Waals surface area contributed by atoms with Gasteiger partial charge in [0.25, 0.3) is 5.91 Å². The third kappa shape index (κ3) is 6.86. The summed E-state index contributed by atoms with van der Waals surface area (Å²) in [4.78, 5) is 41.4. The lowest BCUT2D eigenvalue weighted by Crippen LogP contribution is -2.29. The molecule has 4 aromatic rings. The molecule has 0 saturated carbocycles. The number of amides is 2. The molecule has 0 fully saturated rings. The van der Waals surface area contributed by atoms with Gasteiger partial charge in [0.05, 0.1) is 17.2 Å². The number of carbonyl (C=O) groups is 2. The van der Waals surface area contributed by atoms with Gasteiger partial charge in [0.1, 0.15) is 17.3 Å². The normalized spacial score (nSPS) is 10.6. The Morgan fingerprint density at radius 3 is 2.11 bits per heavy atom. The largest absolute Gasteiger partial charge is 0.368 e. The van der Waals surface area contributed by atoms with E-state index in [9.17, 15) is 9.59 Å². The molecule has 2 heterocycles. The second-order valence-corrected chi connectivity index (χ2v) is 8.24. The zero-order valence-corrected chi connectivity index (χ0v) is 20.3. The fourth-order valence-corrected chi connectivity index (χ4v) is 3.44. The van der Waals surface area contributed by atoms with E-state index >= 15 is 0 Å². The van der Waals surface area contributed by atoms with Crippen LogP contribution >= 0.6 is 11.6 Å². The summed E-state index contributed by atoms with van der Waals surface area (Å²) in [5.41, 5.74) is 2.46. The number of halogens is 1. The number of carbonyl (C=O) groups excluding carboxylic acids is 2. The van der Waals surface area contributed by atoms with E-state index < -0.39 is 0 Å².